The highest BCUT2D eigenvalue weighted by molar-refractivity contribution is 7.90. The third kappa shape index (κ3) is 9.57. The van der Waals surface area contributed by atoms with Crippen LogP contribution in [0.4, 0.5) is 17.1 Å². The van der Waals surface area contributed by atoms with Crippen LogP contribution in [0.2, 0.25) is 5.02 Å². The number of aromatic amines is 1. The van der Waals surface area contributed by atoms with E-state index in [0.717, 1.165) is 61.1 Å². The summed E-state index contributed by atoms with van der Waals surface area (Å²) in [4.78, 5) is 50.5. The number of H-pyrrole nitrogens is 1. The number of aromatic nitrogens is 2. The first kappa shape index (κ1) is 42.7. The molecule has 17 heteroatoms. The predicted molar refractivity (Wildman–Crippen MR) is 239 cm³/mol. The molecule has 1 atom stereocenters. The molecule has 2 amide bonds. The maximum absolute atomic E-state index is 13.9. The highest BCUT2D eigenvalue weighted by Gasteiger charge is 2.31. The number of carbonyl (C=O) groups excluding carboxylic acids is 2. The van der Waals surface area contributed by atoms with Crippen LogP contribution in [0.3, 0.4) is 0 Å². The van der Waals surface area contributed by atoms with Crippen LogP contribution in [0.5, 0.6) is 11.5 Å². The van der Waals surface area contributed by atoms with Crippen LogP contribution in [-0.2, 0) is 14.8 Å². The van der Waals surface area contributed by atoms with Gasteiger partial charge in [-0.25, -0.2) is 18.1 Å². The smallest absolute Gasteiger partial charge is 0.293 e. The summed E-state index contributed by atoms with van der Waals surface area (Å²) >= 11 is 6.24. The number of anilines is 2. The van der Waals surface area contributed by atoms with Crippen LogP contribution < -0.4 is 19.7 Å². The molecule has 62 heavy (non-hydrogen) atoms. The molecule has 1 aliphatic carbocycles. The van der Waals surface area contributed by atoms with Gasteiger partial charge in [0.15, 0.2) is 0 Å². The number of ether oxygens (including phenoxy) is 1. The molecule has 2 aromatic heterocycles. The number of hydrogen-bond donors (Lipinski definition) is 3. The van der Waals surface area contributed by atoms with E-state index in [9.17, 15) is 28.1 Å². The lowest BCUT2D eigenvalue weighted by Crippen LogP contribution is -2.47. The van der Waals surface area contributed by atoms with Crippen LogP contribution in [0.1, 0.15) is 62.4 Å². The van der Waals surface area contributed by atoms with E-state index in [1.54, 1.807) is 29.3 Å². The molecule has 8 rings (SSSR count). The number of fused-ring (bicyclic) bond motifs is 1. The fourth-order valence-corrected chi connectivity index (χ4v) is 9.66. The van der Waals surface area contributed by atoms with Crippen molar-refractivity contribution in [2.45, 2.75) is 57.4 Å². The Bertz CT molecular complexity index is 2680. The Hall–Kier alpha value is -5.97. The van der Waals surface area contributed by atoms with Gasteiger partial charge in [-0.15, -0.1) is 0 Å². The van der Waals surface area contributed by atoms with Crippen molar-refractivity contribution in [3.8, 4) is 11.5 Å². The lowest BCUT2D eigenvalue weighted by molar-refractivity contribution is -0.384. The maximum Gasteiger partial charge on any atom is 0.293 e. The minimum Gasteiger partial charge on any atom is -0.455 e. The number of sulfonamides is 1. The van der Waals surface area contributed by atoms with Gasteiger partial charge in [-0.3, -0.25) is 24.6 Å². The average Bonchev–Trinajstić information content (AvgIpc) is 3.92. The molecule has 5 aromatic rings. The first-order valence-corrected chi connectivity index (χ1v) is 22.5. The van der Waals surface area contributed by atoms with Gasteiger partial charge < -0.3 is 24.8 Å². The number of nitro groups is 1. The highest BCUT2D eigenvalue weighted by atomic mass is 35.5. The molecule has 4 heterocycles. The molecule has 324 valence electrons. The van der Waals surface area contributed by atoms with E-state index in [1.807, 2.05) is 18.2 Å². The minimum atomic E-state index is -4.60. The number of amides is 2. The quantitative estimate of drug-likeness (QED) is 0.0820. The number of pyridine rings is 1. The molecule has 2 fully saturated rings. The summed E-state index contributed by atoms with van der Waals surface area (Å²) in [6.07, 6.45) is 7.01. The van der Waals surface area contributed by atoms with Gasteiger partial charge in [0.25, 0.3) is 21.6 Å². The molecule has 15 nitrogen and oxygen atoms in total. The van der Waals surface area contributed by atoms with Gasteiger partial charge >= 0.3 is 0 Å². The first-order chi connectivity index (χ1) is 29.6. The maximum atomic E-state index is 13.9. The second-order valence-electron chi connectivity index (χ2n) is 17.0. The Labute approximate surface area is 365 Å². The van der Waals surface area contributed by atoms with Gasteiger partial charge in [0.05, 0.1) is 21.6 Å². The first-order valence-electron chi connectivity index (χ1n) is 20.7. The number of carbonyl (C=O) groups is 2. The van der Waals surface area contributed by atoms with Gasteiger partial charge in [-0.2, -0.15) is 0 Å². The molecule has 3 aromatic carbocycles. The molecule has 2 aliphatic heterocycles. The zero-order valence-corrected chi connectivity index (χ0v) is 36.4. The second kappa shape index (κ2) is 17.4. The molecule has 0 saturated carbocycles. The molecule has 2 saturated heterocycles. The summed E-state index contributed by atoms with van der Waals surface area (Å²) in [5.41, 5.74) is 5.31. The Kier molecular flexibility index (Phi) is 12.0. The summed E-state index contributed by atoms with van der Waals surface area (Å²) in [5.74, 6) is -0.631. The van der Waals surface area contributed by atoms with E-state index in [2.05, 4.69) is 55.8 Å². The summed E-state index contributed by atoms with van der Waals surface area (Å²) in [7, 11) is -4.60. The van der Waals surface area contributed by atoms with Crippen LogP contribution in [0.15, 0.2) is 95.7 Å². The summed E-state index contributed by atoms with van der Waals surface area (Å²) in [5, 5.41) is 16.7. The Morgan fingerprint density at radius 1 is 1.02 bits per heavy atom. The van der Waals surface area contributed by atoms with Gasteiger partial charge in [-0.05, 0) is 90.8 Å². The number of hydrogen-bond acceptors (Lipinski definition) is 11. The molecule has 3 N–H and O–H groups in total. The summed E-state index contributed by atoms with van der Waals surface area (Å²) in [6, 6.07) is 19.9. The molecule has 0 radical (unpaired) electrons. The van der Waals surface area contributed by atoms with E-state index in [4.69, 9.17) is 16.3 Å². The number of halogens is 1. The molecule has 0 spiro atoms. The average molecular weight is 881 g/mol. The Morgan fingerprint density at radius 3 is 2.52 bits per heavy atom. The van der Waals surface area contributed by atoms with Crippen molar-refractivity contribution in [2.75, 3.05) is 56.0 Å². The van der Waals surface area contributed by atoms with Crippen LogP contribution in [-0.4, -0.2) is 96.8 Å². The third-order valence-corrected chi connectivity index (χ3v) is 13.6. The number of nitrogens with zero attached hydrogens (tertiary/aromatic N) is 5. The van der Waals surface area contributed by atoms with Gasteiger partial charge in [0.1, 0.15) is 22.8 Å². The molecular formula is C45H49ClN8O7S. The number of benzene rings is 3. The number of nitrogens with one attached hydrogen (secondary N) is 3. The highest BCUT2D eigenvalue weighted by Crippen LogP contribution is 2.43. The number of rotatable bonds is 12. The number of allylic oxidation sites excluding steroid dienone is 1. The van der Waals surface area contributed by atoms with Crippen molar-refractivity contribution >= 4 is 67.1 Å². The van der Waals surface area contributed by atoms with E-state index in [-0.39, 0.29) is 34.4 Å². The van der Waals surface area contributed by atoms with Gasteiger partial charge in [0.2, 0.25) is 5.91 Å². The van der Waals surface area contributed by atoms with Gasteiger partial charge in [-0.1, -0.05) is 43.2 Å². The standard InChI is InChI=1S/C45H49ClN8O7S/c1-29(55)53-17-14-34(28-53)49-40-11-9-37(24-41(40)54(57)58)62(59,60)50-44(56)38-10-8-35(23-42(38)61-36-22-31-13-16-47-43(31)48-26-36)52-20-18-51(19-21-52)27-32-12-15-45(2,3)25-39(32)30-4-6-33(46)7-5-30/h4-11,13,16,22-24,26,34,49H,12,14-15,17-21,25,27-28H2,1-3H3,(H,47,48)(H,50,56). The largest absolute Gasteiger partial charge is 0.455 e. The molecular weight excluding hydrogens is 832 g/mol. The van der Waals surface area contributed by atoms with Crippen LogP contribution in [0.25, 0.3) is 16.6 Å². The number of likely N-dealkylation sites (tertiary alicyclic amines) is 1. The monoisotopic (exact) mass is 880 g/mol. The molecule has 3 aliphatic rings. The van der Waals surface area contributed by atoms with Crippen LogP contribution >= 0.6 is 11.6 Å². The zero-order chi connectivity index (χ0) is 43.8. The van der Waals surface area contributed by atoms with E-state index >= 15 is 0 Å². The topological polar surface area (TPSA) is 183 Å². The van der Waals surface area contributed by atoms with E-state index in [0.29, 0.717) is 44.0 Å². The normalized spacial score (nSPS) is 18.2. The number of piperazine rings is 1. The lowest BCUT2D eigenvalue weighted by atomic mass is 9.72. The minimum absolute atomic E-state index is 0.0592. The van der Waals surface area contributed by atoms with Crippen molar-refractivity contribution in [1.82, 2.24) is 24.5 Å². The lowest BCUT2D eigenvalue weighted by Gasteiger charge is -2.39. The zero-order valence-electron chi connectivity index (χ0n) is 34.8. The van der Waals surface area contributed by atoms with Crippen molar-refractivity contribution < 1.29 is 27.7 Å². The van der Waals surface area contributed by atoms with Crippen molar-refractivity contribution in [3.63, 3.8) is 0 Å². The van der Waals surface area contributed by atoms with Crippen molar-refractivity contribution in [3.05, 3.63) is 117 Å². The fraction of sp³-hybridized carbons (Fsp3) is 0.356. The predicted octanol–water partition coefficient (Wildman–Crippen LogP) is 7.85. The fourth-order valence-electron chi connectivity index (χ4n) is 8.55. The third-order valence-electron chi connectivity index (χ3n) is 12.0. The van der Waals surface area contributed by atoms with E-state index < -0.39 is 31.4 Å². The van der Waals surface area contributed by atoms with Crippen molar-refractivity contribution in [2.24, 2.45) is 5.41 Å². The summed E-state index contributed by atoms with van der Waals surface area (Å²) < 4.78 is 35.8. The Morgan fingerprint density at radius 2 is 1.79 bits per heavy atom. The van der Waals surface area contributed by atoms with Gasteiger partial charge in [0, 0.05) is 93.2 Å². The molecule has 0 bridgehead atoms. The SMILES string of the molecule is CC(=O)N1CCC(Nc2ccc(S(=O)(=O)NC(=O)c3ccc(N4CCN(CC5=C(c6ccc(Cl)cc6)CC(C)(C)CC5)CC4)cc3Oc3cnc4[nH]ccc4c3)cc2[N+](=O)[O-])C1. The Balaban J connectivity index is 1.01. The second-order valence-corrected chi connectivity index (χ2v) is 19.1. The van der Waals surface area contributed by atoms with Crippen LogP contribution in [0, 0.1) is 15.5 Å². The van der Waals surface area contributed by atoms with E-state index in [1.165, 1.54) is 48.0 Å². The summed E-state index contributed by atoms with van der Waals surface area (Å²) in [6.45, 7) is 10.9. The number of nitro benzene ring substituents is 1. The molecule has 1 unspecified atom stereocenters. The van der Waals surface area contributed by atoms with Crippen molar-refractivity contribution in [1.29, 1.82) is 0 Å².